The van der Waals surface area contributed by atoms with E-state index in [9.17, 15) is 9.59 Å². The van der Waals surface area contributed by atoms with Crippen molar-refractivity contribution in [2.75, 3.05) is 13.2 Å². The summed E-state index contributed by atoms with van der Waals surface area (Å²) in [5, 5.41) is 2.38. The number of esters is 2. The van der Waals surface area contributed by atoms with Crippen molar-refractivity contribution < 1.29 is 23.5 Å². The lowest BCUT2D eigenvalue weighted by Gasteiger charge is -2.43. The van der Waals surface area contributed by atoms with Crippen molar-refractivity contribution in [2.24, 2.45) is 5.92 Å². The normalized spacial score (nSPS) is 14.5. The van der Waals surface area contributed by atoms with E-state index < -0.39 is 8.32 Å². The van der Waals surface area contributed by atoms with E-state index in [-0.39, 0.29) is 35.6 Å². The third kappa shape index (κ3) is 8.81. The van der Waals surface area contributed by atoms with Gasteiger partial charge >= 0.3 is 11.9 Å². The molecule has 2 aromatic rings. The molecular formula is C32H44O5Si. The molecule has 0 saturated carbocycles. The average Bonchev–Trinajstić information content (AvgIpc) is 2.84. The van der Waals surface area contributed by atoms with Gasteiger partial charge in [-0.05, 0) is 35.3 Å². The zero-order valence-corrected chi connectivity index (χ0v) is 25.2. The molecule has 0 aliphatic rings. The zero-order valence-electron chi connectivity index (χ0n) is 24.2. The van der Waals surface area contributed by atoms with Crippen LogP contribution in [0.1, 0.15) is 61.8 Å². The molecule has 0 radical (unpaired) electrons. The topological polar surface area (TPSA) is 61.8 Å². The molecule has 0 amide bonds. The maximum absolute atomic E-state index is 11.9. The van der Waals surface area contributed by atoms with Crippen LogP contribution in [0.4, 0.5) is 0 Å². The highest BCUT2D eigenvalue weighted by Crippen LogP contribution is 2.37. The van der Waals surface area contributed by atoms with Crippen LogP contribution in [0.5, 0.6) is 0 Å². The number of hydrogen-bond acceptors (Lipinski definition) is 5. The summed E-state index contributed by atoms with van der Waals surface area (Å²) in [5.74, 6) is -0.665. The highest BCUT2D eigenvalue weighted by molar-refractivity contribution is 6.99. The third-order valence-electron chi connectivity index (χ3n) is 6.63. The molecule has 38 heavy (non-hydrogen) atoms. The molecular weight excluding hydrogens is 492 g/mol. The van der Waals surface area contributed by atoms with Crippen molar-refractivity contribution in [1.82, 2.24) is 0 Å². The Bertz CT molecular complexity index is 1060. The van der Waals surface area contributed by atoms with Gasteiger partial charge in [0.1, 0.15) is 12.7 Å². The molecule has 0 heterocycles. The molecule has 0 fully saturated rings. The van der Waals surface area contributed by atoms with Gasteiger partial charge in [0.25, 0.3) is 8.32 Å². The first-order valence-electron chi connectivity index (χ1n) is 13.3. The molecule has 0 aliphatic heterocycles. The van der Waals surface area contributed by atoms with Crippen molar-refractivity contribution in [1.29, 1.82) is 0 Å². The largest absolute Gasteiger partial charge is 0.462 e. The fourth-order valence-electron chi connectivity index (χ4n) is 4.84. The van der Waals surface area contributed by atoms with Crippen molar-refractivity contribution in [3.8, 4) is 0 Å². The molecule has 6 heteroatoms. The summed E-state index contributed by atoms with van der Waals surface area (Å²) in [4.78, 5) is 22.9. The second kappa shape index (κ2) is 14.3. The minimum absolute atomic E-state index is 0.0290. The maximum atomic E-state index is 11.9. The van der Waals surface area contributed by atoms with Gasteiger partial charge in [-0.25, -0.2) is 0 Å². The standard InChI is InChI=1S/C32H44O5Si/c1-24(19-20-35-27(4)33)22-31(37-28(5)34)26(3)21-25(2)23-36-38(32(6,7)8,29-15-11-9-12-16-29)30-17-13-10-14-18-30/h9-19,21,26,31H,20,22-23H2,1-8H3/b24-19+,25-21+/t26-,31-/m1/s1. The zero-order chi connectivity index (χ0) is 28.3. The summed E-state index contributed by atoms with van der Waals surface area (Å²) in [6.45, 7) is 16.4. The number of carbonyl (C=O) groups excluding carboxylic acids is 2. The van der Waals surface area contributed by atoms with Crippen molar-refractivity contribution in [3.63, 3.8) is 0 Å². The Hall–Kier alpha value is -2.96. The predicted molar refractivity (Wildman–Crippen MR) is 157 cm³/mol. The second-order valence-corrected chi connectivity index (χ2v) is 15.3. The minimum atomic E-state index is -2.64. The molecule has 2 aromatic carbocycles. The molecule has 0 N–H and O–H groups in total. The van der Waals surface area contributed by atoms with E-state index >= 15 is 0 Å². The Kier molecular flexibility index (Phi) is 11.7. The average molecular weight is 537 g/mol. The van der Waals surface area contributed by atoms with E-state index in [1.54, 1.807) is 0 Å². The van der Waals surface area contributed by atoms with E-state index in [4.69, 9.17) is 13.9 Å². The summed E-state index contributed by atoms with van der Waals surface area (Å²) in [6, 6.07) is 21.2. The molecule has 206 valence electrons. The molecule has 0 aliphatic carbocycles. The summed E-state index contributed by atoms with van der Waals surface area (Å²) in [7, 11) is -2.64. The van der Waals surface area contributed by atoms with E-state index in [2.05, 4.69) is 89.2 Å². The first-order chi connectivity index (χ1) is 17.9. The van der Waals surface area contributed by atoms with Crippen LogP contribution >= 0.6 is 0 Å². The van der Waals surface area contributed by atoms with Gasteiger partial charge in [0, 0.05) is 26.2 Å². The molecule has 0 aromatic heterocycles. The van der Waals surface area contributed by atoms with Gasteiger partial charge in [-0.15, -0.1) is 0 Å². The predicted octanol–water partition coefficient (Wildman–Crippen LogP) is 5.98. The molecule has 0 unspecified atom stereocenters. The van der Waals surface area contributed by atoms with E-state index in [0.29, 0.717) is 13.0 Å². The van der Waals surface area contributed by atoms with Crippen LogP contribution in [0.15, 0.2) is 84.0 Å². The molecule has 2 atom stereocenters. The van der Waals surface area contributed by atoms with Gasteiger partial charge in [0.15, 0.2) is 0 Å². The van der Waals surface area contributed by atoms with Gasteiger partial charge < -0.3 is 13.9 Å². The molecule has 5 nitrogen and oxygen atoms in total. The van der Waals surface area contributed by atoms with Crippen molar-refractivity contribution >= 4 is 30.6 Å². The van der Waals surface area contributed by atoms with Gasteiger partial charge in [-0.3, -0.25) is 9.59 Å². The Morgan fingerprint density at radius 3 is 1.82 bits per heavy atom. The van der Waals surface area contributed by atoms with E-state index in [0.717, 1.165) is 11.1 Å². The molecule has 0 bridgehead atoms. The summed E-state index contributed by atoms with van der Waals surface area (Å²) in [6.07, 6.45) is 4.23. The monoisotopic (exact) mass is 536 g/mol. The summed E-state index contributed by atoms with van der Waals surface area (Å²) < 4.78 is 17.8. The van der Waals surface area contributed by atoms with Gasteiger partial charge in [0.05, 0.1) is 6.61 Å². The Morgan fingerprint density at radius 2 is 1.37 bits per heavy atom. The highest BCUT2D eigenvalue weighted by atomic mass is 28.4. The first-order valence-corrected chi connectivity index (χ1v) is 15.2. The Labute approximate surface area is 230 Å². The number of carbonyl (C=O) groups is 2. The van der Waals surface area contributed by atoms with Crippen LogP contribution in [-0.2, 0) is 23.5 Å². The number of rotatable bonds is 12. The lowest BCUT2D eigenvalue weighted by atomic mass is 9.96. The fourth-order valence-corrected chi connectivity index (χ4v) is 9.44. The molecule has 0 saturated heterocycles. The van der Waals surface area contributed by atoms with Crippen LogP contribution < -0.4 is 10.4 Å². The van der Waals surface area contributed by atoms with E-state index in [1.165, 1.54) is 24.2 Å². The highest BCUT2D eigenvalue weighted by Gasteiger charge is 2.50. The smallest absolute Gasteiger partial charge is 0.302 e. The van der Waals surface area contributed by atoms with Crippen LogP contribution in [0, 0.1) is 5.92 Å². The minimum Gasteiger partial charge on any atom is -0.462 e. The lowest BCUT2D eigenvalue weighted by Crippen LogP contribution is -2.66. The quantitative estimate of drug-likeness (QED) is 0.190. The van der Waals surface area contributed by atoms with Crippen LogP contribution in [0.3, 0.4) is 0 Å². The van der Waals surface area contributed by atoms with Crippen LogP contribution in [0.25, 0.3) is 0 Å². The van der Waals surface area contributed by atoms with Gasteiger partial charge in [-0.2, -0.15) is 0 Å². The number of ether oxygens (including phenoxy) is 2. The molecule has 2 rings (SSSR count). The summed E-state index contributed by atoms with van der Waals surface area (Å²) >= 11 is 0. The first kappa shape index (κ1) is 31.3. The van der Waals surface area contributed by atoms with Gasteiger partial charge in [0.2, 0.25) is 0 Å². The molecule has 0 spiro atoms. The van der Waals surface area contributed by atoms with Crippen LogP contribution in [-0.4, -0.2) is 39.6 Å². The number of hydrogen-bond donors (Lipinski definition) is 0. The number of benzene rings is 2. The van der Waals surface area contributed by atoms with Crippen molar-refractivity contribution in [2.45, 2.75) is 73.0 Å². The third-order valence-corrected chi connectivity index (χ3v) is 11.6. The Morgan fingerprint density at radius 1 is 0.842 bits per heavy atom. The summed E-state index contributed by atoms with van der Waals surface area (Å²) in [5.41, 5.74) is 2.09. The SMILES string of the molecule is CC(=O)OC/C=C(\C)C[C@@H](OC(C)=O)[C@H](C)/C=C(\C)CO[Si](c1ccccc1)(c1ccccc1)C(C)(C)C. The van der Waals surface area contributed by atoms with Gasteiger partial charge in [-0.1, -0.05) is 106 Å². The van der Waals surface area contributed by atoms with Crippen LogP contribution in [0.2, 0.25) is 5.04 Å². The second-order valence-electron chi connectivity index (χ2n) is 11.0. The van der Waals surface area contributed by atoms with Crippen molar-refractivity contribution in [3.05, 3.63) is 84.0 Å². The maximum Gasteiger partial charge on any atom is 0.302 e. The Balaban J connectivity index is 2.32. The fraction of sp³-hybridized carbons (Fsp3) is 0.438. The van der Waals surface area contributed by atoms with E-state index in [1.807, 2.05) is 25.1 Å². The lowest BCUT2D eigenvalue weighted by molar-refractivity contribution is -0.147.